The maximum atomic E-state index is 4.89. The zero-order valence-corrected chi connectivity index (χ0v) is 6.27. The van der Waals surface area contributed by atoms with E-state index in [1.54, 1.807) is 0 Å². The fourth-order valence-corrected chi connectivity index (χ4v) is 0.755. The molecule has 0 N–H and O–H groups in total. The van der Waals surface area contributed by atoms with Crippen LogP contribution in [0.3, 0.4) is 0 Å². The first-order valence-corrected chi connectivity index (χ1v) is 3.11. The molecule has 0 fully saturated rings. The van der Waals surface area contributed by atoms with E-state index in [-0.39, 0.29) is 0 Å². The molecular formula is C6H8N2S. The van der Waals surface area contributed by atoms with Gasteiger partial charge in [0.15, 0.2) is 4.77 Å². The minimum absolute atomic E-state index is 0.634. The predicted octanol–water partition coefficient (Wildman–Crippen LogP) is 1.46. The number of hydrogen-bond donors (Lipinski definition) is 0. The van der Waals surface area contributed by atoms with E-state index >= 15 is 0 Å². The zero-order valence-electron chi connectivity index (χ0n) is 5.46. The van der Waals surface area contributed by atoms with E-state index in [9.17, 15) is 0 Å². The molecule has 0 atom stereocenters. The van der Waals surface area contributed by atoms with Gasteiger partial charge in [-0.3, -0.25) is 0 Å². The Hall–Kier alpha value is -0.700. The van der Waals surface area contributed by atoms with Crippen molar-refractivity contribution in [3.8, 4) is 0 Å². The van der Waals surface area contributed by atoms with Crippen LogP contribution < -0.4 is 0 Å². The van der Waals surface area contributed by atoms with Crippen molar-refractivity contribution in [1.82, 2.24) is 9.55 Å². The normalized spacial score (nSPS) is 9.56. The standard InChI is InChI=1S/C6H8N2S/c1-5-3-4-8(2)6(9)7-5/h3-4H,1-2H3. The van der Waals surface area contributed by atoms with Gasteiger partial charge in [0.1, 0.15) is 0 Å². The van der Waals surface area contributed by atoms with Crippen molar-refractivity contribution in [2.75, 3.05) is 0 Å². The Bertz CT molecular complexity index is 264. The second kappa shape index (κ2) is 2.27. The van der Waals surface area contributed by atoms with E-state index in [1.165, 1.54) is 0 Å². The van der Waals surface area contributed by atoms with Crippen molar-refractivity contribution in [3.63, 3.8) is 0 Å². The number of aromatic nitrogens is 2. The summed E-state index contributed by atoms with van der Waals surface area (Å²) in [5.74, 6) is 0. The molecule has 9 heavy (non-hydrogen) atoms. The van der Waals surface area contributed by atoms with Gasteiger partial charge in [-0.2, -0.15) is 0 Å². The van der Waals surface area contributed by atoms with Gasteiger partial charge in [-0.1, -0.05) is 0 Å². The van der Waals surface area contributed by atoms with E-state index in [4.69, 9.17) is 12.2 Å². The Morgan fingerprint density at radius 3 is 2.78 bits per heavy atom. The average molecular weight is 140 g/mol. The number of nitrogens with zero attached hydrogens (tertiary/aromatic N) is 2. The maximum absolute atomic E-state index is 4.89. The largest absolute Gasteiger partial charge is 0.327 e. The monoisotopic (exact) mass is 140 g/mol. The van der Waals surface area contributed by atoms with E-state index in [0.29, 0.717) is 4.77 Å². The molecule has 2 nitrogen and oxygen atoms in total. The van der Waals surface area contributed by atoms with Gasteiger partial charge in [0.25, 0.3) is 0 Å². The SMILES string of the molecule is Cc1ccn(C)c(=S)n1. The average Bonchev–Trinajstić information content (AvgIpc) is 1.80. The molecule has 0 saturated heterocycles. The van der Waals surface area contributed by atoms with Gasteiger partial charge in [-0.25, -0.2) is 4.98 Å². The highest BCUT2D eigenvalue weighted by atomic mass is 32.1. The molecule has 0 aliphatic heterocycles. The third kappa shape index (κ3) is 1.36. The summed E-state index contributed by atoms with van der Waals surface area (Å²) in [5.41, 5.74) is 0.970. The topological polar surface area (TPSA) is 17.8 Å². The summed E-state index contributed by atoms with van der Waals surface area (Å²) in [4.78, 5) is 4.05. The summed E-state index contributed by atoms with van der Waals surface area (Å²) in [6.45, 7) is 1.93. The summed E-state index contributed by atoms with van der Waals surface area (Å²) < 4.78 is 2.44. The van der Waals surface area contributed by atoms with Gasteiger partial charge in [0.05, 0.1) is 0 Å². The highest BCUT2D eigenvalue weighted by molar-refractivity contribution is 7.71. The van der Waals surface area contributed by atoms with Crippen LogP contribution in [0, 0.1) is 11.7 Å². The Morgan fingerprint density at radius 2 is 2.33 bits per heavy atom. The van der Waals surface area contributed by atoms with Gasteiger partial charge in [-0.05, 0) is 25.2 Å². The summed E-state index contributed by atoms with van der Waals surface area (Å²) in [6.07, 6.45) is 1.91. The van der Waals surface area contributed by atoms with Crippen molar-refractivity contribution in [2.24, 2.45) is 7.05 Å². The molecule has 0 spiro atoms. The first-order valence-electron chi connectivity index (χ1n) is 2.70. The van der Waals surface area contributed by atoms with Gasteiger partial charge < -0.3 is 4.57 Å². The lowest BCUT2D eigenvalue weighted by molar-refractivity contribution is 0.832. The predicted molar refractivity (Wildman–Crippen MR) is 38.8 cm³/mol. The summed E-state index contributed by atoms with van der Waals surface area (Å²) in [5, 5.41) is 0. The third-order valence-corrected chi connectivity index (χ3v) is 1.49. The van der Waals surface area contributed by atoms with E-state index in [1.807, 2.05) is 30.8 Å². The smallest absolute Gasteiger partial charge is 0.199 e. The highest BCUT2D eigenvalue weighted by Crippen LogP contribution is 1.90. The molecule has 1 heterocycles. The molecule has 0 saturated carbocycles. The molecule has 1 aromatic heterocycles. The second-order valence-corrected chi connectivity index (χ2v) is 2.33. The lowest BCUT2D eigenvalue weighted by Gasteiger charge is -1.95. The highest BCUT2D eigenvalue weighted by Gasteiger charge is 1.84. The number of aryl methyl sites for hydroxylation is 2. The molecule has 0 radical (unpaired) electrons. The van der Waals surface area contributed by atoms with Crippen LogP contribution in [0.1, 0.15) is 5.69 Å². The minimum Gasteiger partial charge on any atom is -0.327 e. The molecule has 0 amide bonds. The molecular weight excluding hydrogens is 132 g/mol. The summed E-state index contributed by atoms with van der Waals surface area (Å²) in [6, 6.07) is 1.93. The van der Waals surface area contributed by atoms with Crippen LogP contribution in [0.2, 0.25) is 0 Å². The molecule has 0 aromatic carbocycles. The van der Waals surface area contributed by atoms with Crippen LogP contribution in [0.15, 0.2) is 12.3 Å². The quantitative estimate of drug-likeness (QED) is 0.508. The Balaban J connectivity index is 3.34. The van der Waals surface area contributed by atoms with Crippen LogP contribution >= 0.6 is 12.2 Å². The van der Waals surface area contributed by atoms with Crippen molar-refractivity contribution < 1.29 is 0 Å². The third-order valence-electron chi connectivity index (χ3n) is 1.11. The molecule has 1 aromatic rings. The Kier molecular flexibility index (Phi) is 1.62. The summed E-state index contributed by atoms with van der Waals surface area (Å²) in [7, 11) is 1.88. The van der Waals surface area contributed by atoms with Crippen LogP contribution in [0.25, 0.3) is 0 Å². The van der Waals surface area contributed by atoms with Crippen LogP contribution in [0.5, 0.6) is 0 Å². The van der Waals surface area contributed by atoms with Crippen molar-refractivity contribution in [2.45, 2.75) is 6.92 Å². The lowest BCUT2D eigenvalue weighted by atomic mass is 10.5. The van der Waals surface area contributed by atoms with Crippen LogP contribution in [-0.2, 0) is 7.05 Å². The van der Waals surface area contributed by atoms with Crippen LogP contribution in [-0.4, -0.2) is 9.55 Å². The van der Waals surface area contributed by atoms with Crippen molar-refractivity contribution in [1.29, 1.82) is 0 Å². The number of hydrogen-bond acceptors (Lipinski definition) is 2. The van der Waals surface area contributed by atoms with Crippen molar-refractivity contribution in [3.05, 3.63) is 22.7 Å². The van der Waals surface area contributed by atoms with Gasteiger partial charge >= 0.3 is 0 Å². The van der Waals surface area contributed by atoms with Crippen LogP contribution in [0.4, 0.5) is 0 Å². The fourth-order valence-electron chi connectivity index (χ4n) is 0.550. The summed E-state index contributed by atoms with van der Waals surface area (Å²) >= 11 is 4.89. The molecule has 1 rings (SSSR count). The first kappa shape index (κ1) is 6.42. The Morgan fingerprint density at radius 1 is 1.67 bits per heavy atom. The number of rotatable bonds is 0. The van der Waals surface area contributed by atoms with Gasteiger partial charge in [0, 0.05) is 18.9 Å². The zero-order chi connectivity index (χ0) is 6.85. The van der Waals surface area contributed by atoms with Gasteiger partial charge in [-0.15, -0.1) is 0 Å². The first-order chi connectivity index (χ1) is 4.20. The maximum Gasteiger partial charge on any atom is 0.199 e. The molecule has 3 heteroatoms. The van der Waals surface area contributed by atoms with Gasteiger partial charge in [0.2, 0.25) is 0 Å². The molecule has 0 unspecified atom stereocenters. The van der Waals surface area contributed by atoms with E-state index < -0.39 is 0 Å². The molecule has 48 valence electrons. The second-order valence-electron chi connectivity index (χ2n) is 1.96. The molecule has 0 bridgehead atoms. The molecule has 0 aliphatic carbocycles. The fraction of sp³-hybridized carbons (Fsp3) is 0.333. The lowest BCUT2D eigenvalue weighted by Crippen LogP contribution is -1.94. The van der Waals surface area contributed by atoms with E-state index in [2.05, 4.69) is 4.98 Å². The van der Waals surface area contributed by atoms with E-state index in [0.717, 1.165) is 5.69 Å². The van der Waals surface area contributed by atoms with Crippen molar-refractivity contribution >= 4 is 12.2 Å². The Labute approximate surface area is 59.2 Å². The molecule has 0 aliphatic rings. The minimum atomic E-state index is 0.634.